The lowest BCUT2D eigenvalue weighted by Crippen LogP contribution is -2.30. The lowest BCUT2D eigenvalue weighted by molar-refractivity contribution is 0.628. The number of aryl methyl sites for hydroxylation is 1. The number of halogens is 2. The van der Waals surface area contributed by atoms with Gasteiger partial charge in [-0.1, -0.05) is 11.6 Å². The van der Waals surface area contributed by atoms with Gasteiger partial charge in [-0.05, 0) is 18.2 Å². The summed E-state index contributed by atoms with van der Waals surface area (Å²) in [5.41, 5.74) is 11.3. The van der Waals surface area contributed by atoms with Gasteiger partial charge in [0.2, 0.25) is 0 Å². The van der Waals surface area contributed by atoms with E-state index in [4.69, 9.17) is 23.1 Å². The summed E-state index contributed by atoms with van der Waals surface area (Å²) in [4.78, 5) is 30.5. The van der Waals surface area contributed by atoms with E-state index in [1.54, 1.807) is 0 Å². The van der Waals surface area contributed by atoms with Crippen molar-refractivity contribution in [3.63, 3.8) is 0 Å². The SMILES string of the molecule is Cn1c(=O)[nH]c(=O)c2c(-c3cc(F)ccc3Cl)c(CN)c(N)nc21. The van der Waals surface area contributed by atoms with Crippen LogP contribution in [0.25, 0.3) is 22.2 Å². The number of hydrogen-bond acceptors (Lipinski definition) is 5. The van der Waals surface area contributed by atoms with Crippen molar-refractivity contribution in [2.45, 2.75) is 6.54 Å². The van der Waals surface area contributed by atoms with Crippen molar-refractivity contribution in [1.82, 2.24) is 14.5 Å². The van der Waals surface area contributed by atoms with Gasteiger partial charge in [-0.3, -0.25) is 14.3 Å². The zero-order chi connectivity index (χ0) is 17.6. The molecule has 7 nitrogen and oxygen atoms in total. The number of nitrogens with zero attached hydrogens (tertiary/aromatic N) is 2. The van der Waals surface area contributed by atoms with Crippen molar-refractivity contribution in [2.24, 2.45) is 12.8 Å². The first-order valence-electron chi connectivity index (χ1n) is 6.92. The van der Waals surface area contributed by atoms with Crippen molar-refractivity contribution in [3.8, 4) is 11.1 Å². The van der Waals surface area contributed by atoms with E-state index in [-0.39, 0.29) is 39.5 Å². The predicted octanol–water partition coefficient (Wildman–Crippen LogP) is 1.12. The third-order valence-corrected chi connectivity index (χ3v) is 4.11. The molecule has 0 unspecified atom stereocenters. The summed E-state index contributed by atoms with van der Waals surface area (Å²) < 4.78 is 14.9. The van der Waals surface area contributed by atoms with Crippen LogP contribution in [0.3, 0.4) is 0 Å². The summed E-state index contributed by atoms with van der Waals surface area (Å²) in [5, 5.41) is 0.283. The molecule has 0 aliphatic heterocycles. The number of rotatable bonds is 2. The molecule has 5 N–H and O–H groups in total. The summed E-state index contributed by atoms with van der Waals surface area (Å²) in [6.45, 7) is -0.0424. The minimum atomic E-state index is -0.675. The minimum Gasteiger partial charge on any atom is -0.383 e. The molecule has 24 heavy (non-hydrogen) atoms. The van der Waals surface area contributed by atoms with Crippen molar-refractivity contribution in [3.05, 3.63) is 55.4 Å². The van der Waals surface area contributed by atoms with Crippen LogP contribution in [0.1, 0.15) is 5.56 Å². The number of benzene rings is 1. The first-order chi connectivity index (χ1) is 11.3. The molecular formula is C15H13ClFN5O2. The fourth-order valence-electron chi connectivity index (χ4n) is 2.62. The van der Waals surface area contributed by atoms with Crippen LogP contribution < -0.4 is 22.7 Å². The van der Waals surface area contributed by atoms with Gasteiger partial charge >= 0.3 is 5.69 Å². The average molecular weight is 350 g/mol. The van der Waals surface area contributed by atoms with Gasteiger partial charge in [0.15, 0.2) is 5.65 Å². The molecule has 0 fully saturated rings. The van der Waals surface area contributed by atoms with E-state index in [0.717, 1.165) is 4.57 Å². The second-order valence-electron chi connectivity index (χ2n) is 5.20. The minimum absolute atomic E-state index is 0.0424. The number of hydrogen-bond donors (Lipinski definition) is 3. The topological polar surface area (TPSA) is 120 Å². The molecule has 0 bridgehead atoms. The smallest absolute Gasteiger partial charge is 0.329 e. The largest absolute Gasteiger partial charge is 0.383 e. The van der Waals surface area contributed by atoms with Gasteiger partial charge in [0.05, 0.1) is 5.39 Å². The Morgan fingerprint density at radius 3 is 2.75 bits per heavy atom. The fraction of sp³-hybridized carbons (Fsp3) is 0.133. The van der Waals surface area contributed by atoms with Gasteiger partial charge < -0.3 is 11.5 Å². The highest BCUT2D eigenvalue weighted by Crippen LogP contribution is 2.36. The first-order valence-corrected chi connectivity index (χ1v) is 7.29. The Morgan fingerprint density at radius 1 is 1.38 bits per heavy atom. The molecule has 2 aromatic heterocycles. The summed E-state index contributed by atoms with van der Waals surface area (Å²) >= 11 is 6.19. The molecule has 0 saturated carbocycles. The summed E-state index contributed by atoms with van der Waals surface area (Å²) in [6, 6.07) is 3.74. The zero-order valence-corrected chi connectivity index (χ0v) is 13.3. The van der Waals surface area contributed by atoms with E-state index in [1.807, 2.05) is 0 Å². The van der Waals surface area contributed by atoms with Crippen molar-refractivity contribution in [2.75, 3.05) is 5.73 Å². The molecule has 0 atom stereocenters. The van der Waals surface area contributed by atoms with E-state index < -0.39 is 17.1 Å². The average Bonchev–Trinajstić information content (AvgIpc) is 2.54. The van der Waals surface area contributed by atoms with E-state index in [0.29, 0.717) is 5.56 Å². The molecule has 0 aliphatic rings. The Balaban J connectivity index is 2.64. The van der Waals surface area contributed by atoms with Crippen LogP contribution in [-0.4, -0.2) is 14.5 Å². The monoisotopic (exact) mass is 349 g/mol. The molecule has 3 aromatic rings. The number of aromatic amines is 1. The van der Waals surface area contributed by atoms with Gasteiger partial charge in [-0.2, -0.15) is 0 Å². The number of nitrogens with one attached hydrogen (secondary N) is 1. The second-order valence-corrected chi connectivity index (χ2v) is 5.60. The maximum Gasteiger partial charge on any atom is 0.329 e. The molecule has 0 radical (unpaired) electrons. The van der Waals surface area contributed by atoms with Gasteiger partial charge in [-0.25, -0.2) is 14.2 Å². The van der Waals surface area contributed by atoms with Gasteiger partial charge in [0, 0.05) is 35.3 Å². The molecule has 1 aromatic carbocycles. The van der Waals surface area contributed by atoms with E-state index >= 15 is 0 Å². The quantitative estimate of drug-likeness (QED) is 0.640. The van der Waals surface area contributed by atoms with Gasteiger partial charge in [-0.15, -0.1) is 0 Å². The maximum absolute atomic E-state index is 13.7. The van der Waals surface area contributed by atoms with Crippen LogP contribution in [0.2, 0.25) is 5.02 Å². The van der Waals surface area contributed by atoms with Crippen LogP contribution in [0.5, 0.6) is 0 Å². The number of anilines is 1. The predicted molar refractivity (Wildman–Crippen MR) is 90.3 cm³/mol. The Morgan fingerprint density at radius 2 is 2.08 bits per heavy atom. The number of aromatic nitrogens is 3. The summed E-state index contributed by atoms with van der Waals surface area (Å²) in [6.07, 6.45) is 0. The number of nitrogen functional groups attached to an aromatic ring is 1. The molecule has 9 heteroatoms. The molecule has 3 rings (SSSR count). The Hall–Kier alpha value is -2.71. The highest BCUT2D eigenvalue weighted by Gasteiger charge is 2.21. The first kappa shape index (κ1) is 16.2. The molecule has 2 heterocycles. The number of pyridine rings is 1. The van der Waals surface area contributed by atoms with E-state index in [2.05, 4.69) is 9.97 Å². The second kappa shape index (κ2) is 5.73. The fourth-order valence-corrected chi connectivity index (χ4v) is 2.83. The van der Waals surface area contributed by atoms with Crippen molar-refractivity contribution in [1.29, 1.82) is 0 Å². The lowest BCUT2D eigenvalue weighted by Gasteiger charge is -2.16. The molecule has 0 spiro atoms. The highest BCUT2D eigenvalue weighted by molar-refractivity contribution is 6.33. The summed E-state index contributed by atoms with van der Waals surface area (Å²) in [5.74, 6) is -0.497. The third-order valence-electron chi connectivity index (χ3n) is 3.78. The summed E-state index contributed by atoms with van der Waals surface area (Å²) in [7, 11) is 1.44. The van der Waals surface area contributed by atoms with Crippen LogP contribution in [0.15, 0.2) is 27.8 Å². The molecule has 0 saturated heterocycles. The molecular weight excluding hydrogens is 337 g/mol. The highest BCUT2D eigenvalue weighted by atomic mass is 35.5. The number of nitrogens with two attached hydrogens (primary N) is 2. The molecule has 0 aliphatic carbocycles. The molecule has 124 valence electrons. The van der Waals surface area contributed by atoms with Crippen LogP contribution in [0.4, 0.5) is 10.2 Å². The normalized spacial score (nSPS) is 11.2. The van der Waals surface area contributed by atoms with Crippen LogP contribution in [0, 0.1) is 5.82 Å². The Bertz CT molecular complexity index is 1090. The van der Waals surface area contributed by atoms with Crippen LogP contribution >= 0.6 is 11.6 Å². The zero-order valence-electron chi connectivity index (χ0n) is 12.6. The number of H-pyrrole nitrogens is 1. The Labute approximate surface area is 139 Å². The lowest BCUT2D eigenvalue weighted by atomic mass is 9.97. The van der Waals surface area contributed by atoms with E-state index in [9.17, 15) is 14.0 Å². The van der Waals surface area contributed by atoms with Crippen LogP contribution in [-0.2, 0) is 13.6 Å². The van der Waals surface area contributed by atoms with Gasteiger partial charge in [0.1, 0.15) is 11.6 Å². The third kappa shape index (κ3) is 2.36. The Kier molecular flexibility index (Phi) is 3.86. The standard InChI is InChI=1S/C15H13ClFN5O2/c1-22-13-11(14(23)21-15(22)24)10(8(5-18)12(19)20-13)7-4-6(17)2-3-9(7)16/h2-4H,5,18H2,1H3,(H2,19,20)(H,21,23,24). The van der Waals surface area contributed by atoms with Gasteiger partial charge in [0.25, 0.3) is 5.56 Å². The number of fused-ring (bicyclic) bond motifs is 1. The van der Waals surface area contributed by atoms with Crippen molar-refractivity contribution >= 4 is 28.5 Å². The molecule has 0 amide bonds. The maximum atomic E-state index is 13.7. The van der Waals surface area contributed by atoms with E-state index in [1.165, 1.54) is 25.2 Å². The van der Waals surface area contributed by atoms with Crippen molar-refractivity contribution < 1.29 is 4.39 Å².